The Kier molecular flexibility index (Phi) is 4.44. The topological polar surface area (TPSA) is 56.0 Å². The number of aliphatic hydroxyl groups excluding tert-OH is 1. The highest BCUT2D eigenvalue weighted by Crippen LogP contribution is 2.15. The molecule has 2 N–H and O–H groups in total. The maximum absolute atomic E-state index is 9.28. The molecule has 0 bridgehead atoms. The number of rotatable bonds is 4. The van der Waals surface area contributed by atoms with E-state index >= 15 is 0 Å². The lowest BCUT2D eigenvalue weighted by Crippen LogP contribution is -2.18. The number of benzene rings is 1. The molecular formula is C10H11BrN2O. The fraction of sp³-hybridized carbons (Fsp3) is 0.300. The van der Waals surface area contributed by atoms with Gasteiger partial charge in [0.2, 0.25) is 0 Å². The number of halogens is 1. The summed E-state index contributed by atoms with van der Waals surface area (Å²) in [6.07, 6.45) is -0.458. The van der Waals surface area contributed by atoms with Crippen molar-refractivity contribution < 1.29 is 5.11 Å². The zero-order valence-electron chi connectivity index (χ0n) is 7.57. The lowest BCUT2D eigenvalue weighted by Gasteiger charge is -2.09. The standard InChI is InChI=1S/C10H11BrN2O/c11-8-2-1-3-9(6-8)13-7-10(14)4-5-12/h1-3,6,10,13-14H,4,7H2. The zero-order chi connectivity index (χ0) is 10.4. The van der Waals surface area contributed by atoms with Crippen molar-refractivity contribution in [2.45, 2.75) is 12.5 Å². The Morgan fingerprint density at radius 3 is 3.00 bits per heavy atom. The Morgan fingerprint density at radius 1 is 1.57 bits per heavy atom. The molecule has 74 valence electrons. The Morgan fingerprint density at radius 2 is 2.36 bits per heavy atom. The van der Waals surface area contributed by atoms with Crippen molar-refractivity contribution in [1.29, 1.82) is 5.26 Å². The molecule has 0 aliphatic heterocycles. The van der Waals surface area contributed by atoms with Crippen LogP contribution >= 0.6 is 15.9 Å². The van der Waals surface area contributed by atoms with Crippen LogP contribution in [0.3, 0.4) is 0 Å². The molecule has 0 fully saturated rings. The van der Waals surface area contributed by atoms with Crippen LogP contribution in [0.1, 0.15) is 6.42 Å². The summed E-state index contributed by atoms with van der Waals surface area (Å²) in [5.41, 5.74) is 0.927. The van der Waals surface area contributed by atoms with Crippen molar-refractivity contribution in [3.05, 3.63) is 28.7 Å². The van der Waals surface area contributed by atoms with E-state index in [1.807, 2.05) is 30.3 Å². The molecular weight excluding hydrogens is 244 g/mol. The van der Waals surface area contributed by atoms with Gasteiger partial charge in [-0.3, -0.25) is 0 Å². The van der Waals surface area contributed by atoms with Gasteiger partial charge >= 0.3 is 0 Å². The van der Waals surface area contributed by atoms with Gasteiger partial charge in [0.15, 0.2) is 0 Å². The highest BCUT2D eigenvalue weighted by Gasteiger charge is 2.02. The molecule has 0 amide bonds. The first kappa shape index (κ1) is 11.0. The number of nitrogens with zero attached hydrogens (tertiary/aromatic N) is 1. The summed E-state index contributed by atoms with van der Waals surface area (Å²) in [5, 5.41) is 20.7. The Bertz CT molecular complexity index is 335. The molecule has 1 rings (SSSR count). The van der Waals surface area contributed by atoms with Gasteiger partial charge in [-0.25, -0.2) is 0 Å². The molecule has 0 aliphatic rings. The second-order valence-electron chi connectivity index (χ2n) is 2.91. The van der Waals surface area contributed by atoms with E-state index in [0.29, 0.717) is 6.54 Å². The van der Waals surface area contributed by atoms with Crippen LogP contribution in [0.5, 0.6) is 0 Å². The van der Waals surface area contributed by atoms with E-state index in [1.54, 1.807) is 0 Å². The summed E-state index contributed by atoms with van der Waals surface area (Å²) in [6.45, 7) is 0.393. The lowest BCUT2D eigenvalue weighted by atomic mass is 10.2. The zero-order valence-corrected chi connectivity index (χ0v) is 9.16. The average molecular weight is 255 g/mol. The van der Waals surface area contributed by atoms with Gasteiger partial charge in [-0.2, -0.15) is 5.26 Å². The maximum atomic E-state index is 9.28. The van der Waals surface area contributed by atoms with E-state index in [-0.39, 0.29) is 6.42 Å². The highest BCUT2D eigenvalue weighted by atomic mass is 79.9. The van der Waals surface area contributed by atoms with Crippen LogP contribution in [0, 0.1) is 11.3 Å². The monoisotopic (exact) mass is 254 g/mol. The van der Waals surface area contributed by atoms with Crippen LogP contribution in [0.4, 0.5) is 5.69 Å². The van der Waals surface area contributed by atoms with Gasteiger partial charge in [0, 0.05) is 16.7 Å². The minimum atomic E-state index is -0.612. The summed E-state index contributed by atoms with van der Waals surface area (Å²) in [6, 6.07) is 9.57. The number of nitrogens with one attached hydrogen (secondary N) is 1. The van der Waals surface area contributed by atoms with Crippen LogP contribution < -0.4 is 5.32 Å². The van der Waals surface area contributed by atoms with E-state index in [0.717, 1.165) is 10.2 Å². The molecule has 3 nitrogen and oxygen atoms in total. The van der Waals surface area contributed by atoms with Crippen molar-refractivity contribution in [1.82, 2.24) is 0 Å². The summed E-state index contributed by atoms with van der Waals surface area (Å²) in [4.78, 5) is 0. The van der Waals surface area contributed by atoms with E-state index < -0.39 is 6.10 Å². The molecule has 0 heterocycles. The minimum Gasteiger partial charge on any atom is -0.390 e. The molecule has 0 saturated heterocycles. The van der Waals surface area contributed by atoms with Crippen LogP contribution in [0.2, 0.25) is 0 Å². The average Bonchev–Trinajstić information content (AvgIpc) is 2.15. The summed E-state index contributed by atoms with van der Waals surface area (Å²) in [7, 11) is 0. The van der Waals surface area contributed by atoms with Gasteiger partial charge in [-0.1, -0.05) is 22.0 Å². The quantitative estimate of drug-likeness (QED) is 0.866. The summed E-state index contributed by atoms with van der Waals surface area (Å²) >= 11 is 3.35. The number of nitriles is 1. The SMILES string of the molecule is N#CCC(O)CNc1cccc(Br)c1. The van der Waals surface area contributed by atoms with Crippen molar-refractivity contribution in [2.75, 3.05) is 11.9 Å². The van der Waals surface area contributed by atoms with E-state index in [2.05, 4.69) is 21.2 Å². The smallest absolute Gasteiger partial charge is 0.0842 e. The summed E-state index contributed by atoms with van der Waals surface area (Å²) in [5.74, 6) is 0. The Balaban J connectivity index is 2.42. The molecule has 0 radical (unpaired) electrons. The van der Waals surface area contributed by atoms with Crippen molar-refractivity contribution >= 4 is 21.6 Å². The fourth-order valence-electron chi connectivity index (χ4n) is 1.01. The third-order valence-corrected chi connectivity index (χ3v) is 2.19. The van der Waals surface area contributed by atoms with Gasteiger partial charge in [-0.15, -0.1) is 0 Å². The predicted octanol–water partition coefficient (Wildman–Crippen LogP) is 2.14. The second kappa shape index (κ2) is 5.63. The van der Waals surface area contributed by atoms with E-state index in [4.69, 9.17) is 5.26 Å². The Labute approximate surface area is 91.5 Å². The van der Waals surface area contributed by atoms with Crippen LogP contribution in [-0.2, 0) is 0 Å². The maximum Gasteiger partial charge on any atom is 0.0842 e. The van der Waals surface area contributed by atoms with Crippen LogP contribution in [0.25, 0.3) is 0 Å². The van der Waals surface area contributed by atoms with Crippen molar-refractivity contribution in [3.63, 3.8) is 0 Å². The number of hydrogen-bond acceptors (Lipinski definition) is 3. The molecule has 0 saturated carbocycles. The van der Waals surface area contributed by atoms with Crippen LogP contribution in [-0.4, -0.2) is 17.8 Å². The van der Waals surface area contributed by atoms with Gasteiger partial charge in [0.1, 0.15) is 0 Å². The normalized spacial score (nSPS) is 11.8. The predicted molar refractivity (Wildman–Crippen MR) is 58.9 cm³/mol. The molecule has 0 spiro atoms. The first-order valence-corrected chi connectivity index (χ1v) is 5.06. The van der Waals surface area contributed by atoms with Gasteiger partial charge in [-0.05, 0) is 18.2 Å². The molecule has 0 aromatic heterocycles. The summed E-state index contributed by atoms with van der Waals surface area (Å²) < 4.78 is 0.984. The van der Waals surface area contributed by atoms with Crippen molar-refractivity contribution in [2.24, 2.45) is 0 Å². The largest absolute Gasteiger partial charge is 0.390 e. The molecule has 4 heteroatoms. The Hall–Kier alpha value is -1.05. The third kappa shape index (κ3) is 3.77. The van der Waals surface area contributed by atoms with Crippen LogP contribution in [0.15, 0.2) is 28.7 Å². The second-order valence-corrected chi connectivity index (χ2v) is 3.82. The van der Waals surface area contributed by atoms with E-state index in [1.165, 1.54) is 0 Å². The molecule has 1 aromatic rings. The molecule has 1 aromatic carbocycles. The lowest BCUT2D eigenvalue weighted by molar-refractivity contribution is 0.193. The van der Waals surface area contributed by atoms with Crippen molar-refractivity contribution in [3.8, 4) is 6.07 Å². The molecule has 1 unspecified atom stereocenters. The molecule has 1 atom stereocenters. The third-order valence-electron chi connectivity index (χ3n) is 1.69. The fourth-order valence-corrected chi connectivity index (χ4v) is 1.41. The molecule has 14 heavy (non-hydrogen) atoms. The first-order valence-electron chi connectivity index (χ1n) is 4.27. The van der Waals surface area contributed by atoms with Gasteiger partial charge < -0.3 is 10.4 Å². The number of hydrogen-bond donors (Lipinski definition) is 2. The minimum absolute atomic E-state index is 0.154. The van der Waals surface area contributed by atoms with Gasteiger partial charge in [0.25, 0.3) is 0 Å². The highest BCUT2D eigenvalue weighted by molar-refractivity contribution is 9.10. The molecule has 0 aliphatic carbocycles. The number of aliphatic hydroxyl groups is 1. The number of anilines is 1. The van der Waals surface area contributed by atoms with E-state index in [9.17, 15) is 5.11 Å². The first-order chi connectivity index (χ1) is 6.72. The van der Waals surface area contributed by atoms with Gasteiger partial charge in [0.05, 0.1) is 18.6 Å².